The van der Waals surface area contributed by atoms with Crippen LogP contribution < -0.4 is 11.2 Å². The van der Waals surface area contributed by atoms with Gasteiger partial charge in [0.25, 0.3) is 0 Å². The Morgan fingerprint density at radius 1 is 0.955 bits per heavy atom. The van der Waals surface area contributed by atoms with Crippen LogP contribution >= 0.6 is 0 Å². The van der Waals surface area contributed by atoms with Gasteiger partial charge in [-0.05, 0) is 37.1 Å². The first-order chi connectivity index (χ1) is 10.7. The molecule has 1 aliphatic rings. The van der Waals surface area contributed by atoms with Crippen LogP contribution in [0.1, 0.15) is 37.4 Å². The molecule has 0 unspecified atom stereocenters. The molecule has 22 heavy (non-hydrogen) atoms. The Kier molecular flexibility index (Phi) is 3.23. The number of nitrogens with two attached hydrogens (primary N) is 1. The smallest absolute Gasteiger partial charge is 0.192 e. The third kappa shape index (κ3) is 2.22. The number of hydrogen-bond acceptors (Lipinski definition) is 3. The highest BCUT2D eigenvalue weighted by atomic mass is 16.3. The van der Waals surface area contributed by atoms with Crippen molar-refractivity contribution in [1.82, 2.24) is 0 Å². The maximum atomic E-state index is 12.5. The molecule has 0 radical (unpaired) electrons. The summed E-state index contributed by atoms with van der Waals surface area (Å²) in [7, 11) is 0. The lowest BCUT2D eigenvalue weighted by atomic mass is 9.84. The second kappa shape index (κ2) is 5.25. The van der Waals surface area contributed by atoms with E-state index < -0.39 is 0 Å². The lowest BCUT2D eigenvalue weighted by Crippen LogP contribution is -2.26. The van der Waals surface area contributed by atoms with Gasteiger partial charge < -0.3 is 10.2 Å². The van der Waals surface area contributed by atoms with Crippen molar-refractivity contribution in [2.75, 3.05) is 0 Å². The molecule has 1 heterocycles. The zero-order valence-electron chi connectivity index (χ0n) is 12.4. The quantitative estimate of drug-likeness (QED) is 0.692. The van der Waals surface area contributed by atoms with E-state index in [0.717, 1.165) is 47.8 Å². The maximum absolute atomic E-state index is 12.5. The lowest BCUT2D eigenvalue weighted by Gasteiger charge is -2.25. The SMILES string of the molecule is NC1CCC(c2cc(=O)c3ccc4ccccc4c3o2)CC1. The molecule has 1 aliphatic carbocycles. The van der Waals surface area contributed by atoms with Crippen LogP contribution in [0.3, 0.4) is 0 Å². The van der Waals surface area contributed by atoms with Gasteiger partial charge in [-0.1, -0.05) is 30.3 Å². The summed E-state index contributed by atoms with van der Waals surface area (Å²) in [4.78, 5) is 12.5. The molecule has 0 aliphatic heterocycles. The van der Waals surface area contributed by atoms with E-state index in [9.17, 15) is 4.79 Å². The monoisotopic (exact) mass is 293 g/mol. The van der Waals surface area contributed by atoms with Crippen molar-refractivity contribution in [3.8, 4) is 0 Å². The van der Waals surface area contributed by atoms with Crippen molar-refractivity contribution in [3.05, 3.63) is 58.4 Å². The van der Waals surface area contributed by atoms with Gasteiger partial charge in [0, 0.05) is 23.4 Å². The first kappa shape index (κ1) is 13.5. The lowest BCUT2D eigenvalue weighted by molar-refractivity contribution is 0.352. The van der Waals surface area contributed by atoms with E-state index in [1.807, 2.05) is 36.4 Å². The summed E-state index contributed by atoms with van der Waals surface area (Å²) in [5.74, 6) is 1.14. The molecule has 2 N–H and O–H groups in total. The van der Waals surface area contributed by atoms with E-state index >= 15 is 0 Å². The summed E-state index contributed by atoms with van der Waals surface area (Å²) < 4.78 is 6.19. The highest BCUT2D eigenvalue weighted by Crippen LogP contribution is 2.34. The average molecular weight is 293 g/mol. The fourth-order valence-corrected chi connectivity index (χ4v) is 3.51. The zero-order chi connectivity index (χ0) is 15.1. The van der Waals surface area contributed by atoms with Crippen LogP contribution in [0.15, 0.2) is 51.7 Å². The van der Waals surface area contributed by atoms with Crippen LogP contribution in [0, 0.1) is 0 Å². The number of rotatable bonds is 1. The maximum Gasteiger partial charge on any atom is 0.192 e. The van der Waals surface area contributed by atoms with Gasteiger partial charge in [-0.25, -0.2) is 0 Å². The van der Waals surface area contributed by atoms with Crippen molar-refractivity contribution < 1.29 is 4.42 Å². The molecule has 1 saturated carbocycles. The second-order valence-electron chi connectivity index (χ2n) is 6.29. The number of hydrogen-bond donors (Lipinski definition) is 1. The Labute approximate surface area is 128 Å². The minimum atomic E-state index is 0.0527. The second-order valence-corrected chi connectivity index (χ2v) is 6.29. The van der Waals surface area contributed by atoms with Crippen molar-refractivity contribution in [3.63, 3.8) is 0 Å². The molecule has 2 aromatic carbocycles. The molecule has 4 rings (SSSR count). The molecule has 1 aromatic heterocycles. The summed E-state index contributed by atoms with van der Waals surface area (Å²) in [6, 6.07) is 13.9. The molecular formula is C19H19NO2. The Hall–Kier alpha value is -2.13. The molecule has 0 bridgehead atoms. The molecule has 1 fully saturated rings. The Bertz CT molecular complexity index is 889. The fourth-order valence-electron chi connectivity index (χ4n) is 3.51. The predicted molar refractivity (Wildman–Crippen MR) is 89.2 cm³/mol. The summed E-state index contributed by atoms with van der Waals surface area (Å²) in [5, 5.41) is 2.77. The van der Waals surface area contributed by atoms with E-state index in [1.165, 1.54) is 0 Å². The van der Waals surface area contributed by atoms with Crippen molar-refractivity contribution >= 4 is 21.7 Å². The van der Waals surface area contributed by atoms with E-state index in [-0.39, 0.29) is 5.43 Å². The largest absolute Gasteiger partial charge is 0.460 e. The number of fused-ring (bicyclic) bond motifs is 3. The third-order valence-electron chi connectivity index (χ3n) is 4.81. The first-order valence-electron chi connectivity index (χ1n) is 7.93. The fraction of sp³-hybridized carbons (Fsp3) is 0.316. The Balaban J connectivity index is 1.90. The first-order valence-corrected chi connectivity index (χ1v) is 7.93. The molecule has 0 saturated heterocycles. The summed E-state index contributed by atoms with van der Waals surface area (Å²) in [6.45, 7) is 0. The van der Waals surface area contributed by atoms with Crippen LogP contribution in [-0.2, 0) is 0 Å². The van der Waals surface area contributed by atoms with Gasteiger partial charge in [-0.2, -0.15) is 0 Å². The molecule has 3 aromatic rings. The van der Waals surface area contributed by atoms with Gasteiger partial charge in [0.1, 0.15) is 11.3 Å². The van der Waals surface area contributed by atoms with Gasteiger partial charge >= 0.3 is 0 Å². The van der Waals surface area contributed by atoms with E-state index in [4.69, 9.17) is 10.2 Å². The molecule has 3 nitrogen and oxygen atoms in total. The van der Waals surface area contributed by atoms with E-state index in [1.54, 1.807) is 6.07 Å². The normalized spacial score (nSPS) is 22.2. The molecule has 0 atom stereocenters. The van der Waals surface area contributed by atoms with E-state index in [0.29, 0.717) is 17.3 Å². The molecule has 3 heteroatoms. The topological polar surface area (TPSA) is 56.2 Å². The van der Waals surface area contributed by atoms with Crippen LogP contribution in [0.2, 0.25) is 0 Å². The van der Waals surface area contributed by atoms with Crippen LogP contribution in [-0.4, -0.2) is 6.04 Å². The van der Waals surface area contributed by atoms with Crippen LogP contribution in [0.4, 0.5) is 0 Å². The highest BCUT2D eigenvalue weighted by molar-refractivity contribution is 6.03. The minimum Gasteiger partial charge on any atom is -0.460 e. The highest BCUT2D eigenvalue weighted by Gasteiger charge is 2.23. The molecule has 112 valence electrons. The molecule has 0 amide bonds. The minimum absolute atomic E-state index is 0.0527. The third-order valence-corrected chi connectivity index (χ3v) is 4.81. The number of benzene rings is 2. The molecular weight excluding hydrogens is 274 g/mol. The Morgan fingerprint density at radius 3 is 2.55 bits per heavy atom. The summed E-state index contributed by atoms with van der Waals surface area (Å²) in [5.41, 5.74) is 6.75. The van der Waals surface area contributed by atoms with Crippen LogP contribution in [0.25, 0.3) is 21.7 Å². The summed E-state index contributed by atoms with van der Waals surface area (Å²) in [6.07, 6.45) is 4.00. The average Bonchev–Trinajstić information content (AvgIpc) is 2.55. The predicted octanol–water partition coefficient (Wildman–Crippen LogP) is 3.93. The zero-order valence-corrected chi connectivity index (χ0v) is 12.4. The van der Waals surface area contributed by atoms with Gasteiger partial charge in [0.2, 0.25) is 0 Å². The van der Waals surface area contributed by atoms with Crippen LogP contribution in [0.5, 0.6) is 0 Å². The van der Waals surface area contributed by atoms with Gasteiger partial charge in [0.05, 0.1) is 5.39 Å². The van der Waals surface area contributed by atoms with Crippen molar-refractivity contribution in [2.45, 2.75) is 37.6 Å². The standard InChI is InChI=1S/C19H19NO2/c20-14-8-5-13(6-9-14)18-11-17(21)16-10-7-12-3-1-2-4-15(12)19(16)22-18/h1-4,7,10-11,13-14H,5-6,8-9,20H2. The molecule has 0 spiro atoms. The Morgan fingerprint density at radius 2 is 1.73 bits per heavy atom. The van der Waals surface area contributed by atoms with Gasteiger partial charge in [0.15, 0.2) is 5.43 Å². The van der Waals surface area contributed by atoms with Crippen molar-refractivity contribution in [2.24, 2.45) is 5.73 Å². The summed E-state index contributed by atoms with van der Waals surface area (Å²) >= 11 is 0. The van der Waals surface area contributed by atoms with Gasteiger partial charge in [-0.3, -0.25) is 4.79 Å². The van der Waals surface area contributed by atoms with E-state index in [2.05, 4.69) is 0 Å². The van der Waals surface area contributed by atoms with Gasteiger partial charge in [-0.15, -0.1) is 0 Å². The van der Waals surface area contributed by atoms with Crippen molar-refractivity contribution in [1.29, 1.82) is 0 Å².